The summed E-state index contributed by atoms with van der Waals surface area (Å²) in [5.74, 6) is 0.184. The minimum absolute atomic E-state index is 0.0861. The molecule has 1 aliphatic heterocycles. The van der Waals surface area contributed by atoms with Crippen LogP contribution in [0.1, 0.15) is 26.7 Å². The van der Waals surface area contributed by atoms with Gasteiger partial charge >= 0.3 is 0 Å². The third kappa shape index (κ3) is 2.65. The molecule has 1 unspecified atom stereocenters. The Morgan fingerprint density at radius 2 is 2.21 bits per heavy atom. The Kier molecular flexibility index (Phi) is 3.03. The van der Waals surface area contributed by atoms with Gasteiger partial charge in [-0.3, -0.25) is 4.79 Å². The molecule has 0 fully saturated rings. The van der Waals surface area contributed by atoms with Crippen molar-refractivity contribution in [3.05, 3.63) is 12.0 Å². The van der Waals surface area contributed by atoms with Gasteiger partial charge < -0.3 is 14.4 Å². The van der Waals surface area contributed by atoms with Crippen molar-refractivity contribution in [2.24, 2.45) is 0 Å². The highest BCUT2D eigenvalue weighted by atomic mass is 16.7. The molecule has 0 aromatic rings. The summed E-state index contributed by atoms with van der Waals surface area (Å²) in [5.41, 5.74) is 0. The van der Waals surface area contributed by atoms with E-state index in [4.69, 9.17) is 9.47 Å². The van der Waals surface area contributed by atoms with Crippen LogP contribution in [0, 0.1) is 0 Å². The van der Waals surface area contributed by atoms with E-state index >= 15 is 0 Å². The third-order valence-corrected chi connectivity index (χ3v) is 2.14. The first kappa shape index (κ1) is 10.9. The lowest BCUT2D eigenvalue weighted by Crippen LogP contribution is -2.30. The second kappa shape index (κ2) is 3.90. The van der Waals surface area contributed by atoms with Gasteiger partial charge in [0.05, 0.1) is 0 Å². The Morgan fingerprint density at radius 3 is 2.64 bits per heavy atom. The standard InChI is InChI=1S/C10H17NO3/c1-8-7-13-10(2,14-8)6-5-9(12)11(3)4/h7H,5-6H2,1-4H3. The number of carbonyl (C=O) groups excluding carboxylic acids is 1. The van der Waals surface area contributed by atoms with Crippen LogP contribution >= 0.6 is 0 Å². The Labute approximate surface area is 84.5 Å². The van der Waals surface area contributed by atoms with E-state index in [0.717, 1.165) is 5.76 Å². The number of carbonyl (C=O) groups is 1. The van der Waals surface area contributed by atoms with Gasteiger partial charge in [0.2, 0.25) is 11.7 Å². The molecule has 1 rings (SSSR count). The molecule has 0 radical (unpaired) electrons. The highest BCUT2D eigenvalue weighted by molar-refractivity contribution is 5.75. The lowest BCUT2D eigenvalue weighted by Gasteiger charge is -2.24. The smallest absolute Gasteiger partial charge is 0.247 e. The van der Waals surface area contributed by atoms with E-state index in [0.29, 0.717) is 12.8 Å². The van der Waals surface area contributed by atoms with Gasteiger partial charge in [-0.05, 0) is 6.92 Å². The van der Waals surface area contributed by atoms with Crippen LogP contribution in [-0.2, 0) is 14.3 Å². The van der Waals surface area contributed by atoms with Crippen LogP contribution < -0.4 is 0 Å². The second-order valence-corrected chi connectivity index (χ2v) is 3.87. The molecule has 0 saturated heterocycles. The number of hydrogen-bond acceptors (Lipinski definition) is 3. The van der Waals surface area contributed by atoms with Crippen LogP contribution in [0.3, 0.4) is 0 Å². The zero-order chi connectivity index (χ0) is 10.8. The number of nitrogens with zero attached hydrogens (tertiary/aromatic N) is 1. The van der Waals surface area contributed by atoms with Crippen LogP contribution in [-0.4, -0.2) is 30.7 Å². The first-order chi connectivity index (χ1) is 6.43. The van der Waals surface area contributed by atoms with Crippen LogP contribution in [0.2, 0.25) is 0 Å². The molecule has 0 spiro atoms. The number of ether oxygens (including phenoxy) is 2. The maximum Gasteiger partial charge on any atom is 0.247 e. The molecule has 0 aromatic carbocycles. The summed E-state index contributed by atoms with van der Waals surface area (Å²) >= 11 is 0. The maximum absolute atomic E-state index is 11.3. The normalized spacial score (nSPS) is 25.0. The van der Waals surface area contributed by atoms with Crippen molar-refractivity contribution < 1.29 is 14.3 Å². The van der Waals surface area contributed by atoms with Gasteiger partial charge in [0.25, 0.3) is 0 Å². The predicted octanol–water partition coefficient (Wildman–Crippen LogP) is 1.48. The zero-order valence-electron chi connectivity index (χ0n) is 9.16. The molecular weight excluding hydrogens is 182 g/mol. The Morgan fingerprint density at radius 1 is 1.57 bits per heavy atom. The molecule has 1 atom stereocenters. The third-order valence-electron chi connectivity index (χ3n) is 2.14. The number of hydrogen-bond donors (Lipinski definition) is 0. The van der Waals surface area contributed by atoms with Gasteiger partial charge in [0, 0.05) is 33.9 Å². The summed E-state index contributed by atoms with van der Waals surface area (Å²) in [6.07, 6.45) is 2.59. The minimum atomic E-state index is -0.657. The summed E-state index contributed by atoms with van der Waals surface area (Å²) < 4.78 is 10.8. The van der Waals surface area contributed by atoms with Gasteiger partial charge in [0.1, 0.15) is 12.0 Å². The van der Waals surface area contributed by atoms with Crippen molar-refractivity contribution in [3.63, 3.8) is 0 Å². The molecule has 80 valence electrons. The number of amides is 1. The molecule has 0 aliphatic carbocycles. The monoisotopic (exact) mass is 199 g/mol. The van der Waals surface area contributed by atoms with Crippen LogP contribution in [0.25, 0.3) is 0 Å². The van der Waals surface area contributed by atoms with Gasteiger partial charge in [-0.15, -0.1) is 0 Å². The molecule has 0 saturated carbocycles. The molecule has 1 heterocycles. The average Bonchev–Trinajstić information content (AvgIpc) is 2.43. The van der Waals surface area contributed by atoms with Crippen LogP contribution in [0.15, 0.2) is 12.0 Å². The topological polar surface area (TPSA) is 38.8 Å². The van der Waals surface area contributed by atoms with Gasteiger partial charge in [-0.2, -0.15) is 0 Å². The molecule has 4 heteroatoms. The zero-order valence-corrected chi connectivity index (χ0v) is 9.16. The van der Waals surface area contributed by atoms with Crippen LogP contribution in [0.4, 0.5) is 0 Å². The fourth-order valence-electron chi connectivity index (χ4n) is 1.26. The van der Waals surface area contributed by atoms with Gasteiger partial charge in [-0.25, -0.2) is 0 Å². The fraction of sp³-hybridized carbons (Fsp3) is 0.700. The van der Waals surface area contributed by atoms with Crippen molar-refractivity contribution >= 4 is 5.91 Å². The highest BCUT2D eigenvalue weighted by Gasteiger charge is 2.32. The number of allylic oxidation sites excluding steroid dienone is 1. The van der Waals surface area contributed by atoms with Crippen molar-refractivity contribution in [3.8, 4) is 0 Å². The van der Waals surface area contributed by atoms with Crippen molar-refractivity contribution in [1.29, 1.82) is 0 Å². The van der Waals surface area contributed by atoms with E-state index in [1.807, 2.05) is 13.8 Å². The average molecular weight is 199 g/mol. The summed E-state index contributed by atoms with van der Waals surface area (Å²) in [7, 11) is 3.48. The van der Waals surface area contributed by atoms with E-state index in [1.165, 1.54) is 0 Å². The molecular formula is C10H17NO3. The van der Waals surface area contributed by atoms with Crippen molar-refractivity contribution in [2.75, 3.05) is 14.1 Å². The van der Waals surface area contributed by atoms with E-state index in [-0.39, 0.29) is 5.91 Å². The summed E-state index contributed by atoms with van der Waals surface area (Å²) in [5, 5.41) is 0. The Balaban J connectivity index is 2.36. The first-order valence-corrected chi connectivity index (χ1v) is 4.67. The summed E-state index contributed by atoms with van der Waals surface area (Å²) in [6, 6.07) is 0. The summed E-state index contributed by atoms with van der Waals surface area (Å²) in [4.78, 5) is 12.9. The lowest BCUT2D eigenvalue weighted by atomic mass is 10.1. The van der Waals surface area contributed by atoms with E-state index in [9.17, 15) is 4.79 Å². The SMILES string of the molecule is CC1=COC(C)(CCC(=O)N(C)C)O1. The fourth-order valence-corrected chi connectivity index (χ4v) is 1.26. The molecule has 1 amide bonds. The highest BCUT2D eigenvalue weighted by Crippen LogP contribution is 2.29. The Hall–Kier alpha value is -1.19. The van der Waals surface area contributed by atoms with Gasteiger partial charge in [-0.1, -0.05) is 0 Å². The van der Waals surface area contributed by atoms with Crippen molar-refractivity contribution in [2.45, 2.75) is 32.5 Å². The van der Waals surface area contributed by atoms with E-state index < -0.39 is 5.79 Å². The van der Waals surface area contributed by atoms with E-state index in [2.05, 4.69) is 0 Å². The maximum atomic E-state index is 11.3. The minimum Gasteiger partial charge on any atom is -0.457 e. The molecule has 14 heavy (non-hydrogen) atoms. The van der Waals surface area contributed by atoms with Crippen LogP contribution in [0.5, 0.6) is 0 Å². The second-order valence-electron chi connectivity index (χ2n) is 3.87. The molecule has 0 bridgehead atoms. The lowest BCUT2D eigenvalue weighted by molar-refractivity contribution is -0.148. The predicted molar refractivity (Wildman–Crippen MR) is 52.3 cm³/mol. The molecule has 1 aliphatic rings. The quantitative estimate of drug-likeness (QED) is 0.691. The molecule has 0 N–H and O–H groups in total. The molecule has 0 aromatic heterocycles. The van der Waals surface area contributed by atoms with Crippen molar-refractivity contribution in [1.82, 2.24) is 4.90 Å². The molecule has 4 nitrogen and oxygen atoms in total. The summed E-state index contributed by atoms with van der Waals surface area (Å²) in [6.45, 7) is 3.67. The van der Waals surface area contributed by atoms with Gasteiger partial charge in [0.15, 0.2) is 0 Å². The van der Waals surface area contributed by atoms with E-state index in [1.54, 1.807) is 25.3 Å². The first-order valence-electron chi connectivity index (χ1n) is 4.67. The largest absolute Gasteiger partial charge is 0.457 e. The number of rotatable bonds is 3. The Bertz CT molecular complexity index is 260.